The summed E-state index contributed by atoms with van der Waals surface area (Å²) < 4.78 is 25.1. The fourth-order valence-electron chi connectivity index (χ4n) is 14.4. The first-order chi connectivity index (χ1) is 50.1. The maximum Gasteiger partial charge on any atom is 0.246 e. The van der Waals surface area contributed by atoms with Gasteiger partial charge in [-0.1, -0.05) is 169 Å². The number of unbranched alkanes of at least 4 members (excludes halogenated alkanes) is 1. The minimum absolute atomic E-state index is 0.0387. The maximum absolute atomic E-state index is 15.7. The van der Waals surface area contributed by atoms with Crippen LogP contribution in [0.5, 0.6) is 0 Å². The molecule has 1 saturated heterocycles. The maximum atomic E-state index is 15.7. The zero-order chi connectivity index (χ0) is 80.5. The molecule has 4 N–H and O–H groups in total. The van der Waals surface area contributed by atoms with Crippen molar-refractivity contribution in [1.29, 1.82) is 0 Å². The lowest BCUT2D eigenvalue weighted by Crippen LogP contribution is -2.62. The van der Waals surface area contributed by atoms with Gasteiger partial charge in [-0.25, -0.2) is 8.42 Å². The third kappa shape index (κ3) is 27.8. The molecule has 0 aromatic heterocycles. The zero-order valence-corrected chi connectivity index (χ0v) is 68.1. The summed E-state index contributed by atoms with van der Waals surface area (Å²) in [4.78, 5) is 205. The van der Waals surface area contributed by atoms with Gasteiger partial charge in [0, 0.05) is 80.3 Å². The summed E-state index contributed by atoms with van der Waals surface area (Å²) in [6, 6.07) is 3.87. The van der Waals surface area contributed by atoms with Gasteiger partial charge in [0.25, 0.3) is 0 Å². The van der Waals surface area contributed by atoms with Crippen molar-refractivity contribution in [3.8, 4) is 0 Å². The van der Waals surface area contributed by atoms with E-state index in [4.69, 9.17) is 0 Å². The molecule has 1 aliphatic heterocycles. The van der Waals surface area contributed by atoms with Crippen LogP contribution in [0, 0.1) is 35.5 Å². The highest BCUT2D eigenvalue weighted by atomic mass is 32.2. The molecular weight excluding hydrogens is 1390 g/mol. The molecule has 1 saturated carbocycles. The molecule has 2 aliphatic rings. The number of nitrogens with one attached hydrogen (secondary N) is 4. The molecule has 2 aromatic rings. The van der Waals surface area contributed by atoms with E-state index in [0.29, 0.717) is 36.8 Å². The minimum atomic E-state index is -3.88. The minimum Gasteiger partial charge on any atom is -0.344 e. The van der Waals surface area contributed by atoms with Crippen molar-refractivity contribution < 1.29 is 70.7 Å². The Balaban J connectivity index is 2.06. The van der Waals surface area contributed by atoms with Crippen LogP contribution in [0.25, 0.3) is 0 Å². The molecule has 11 amide bonds. The summed E-state index contributed by atoms with van der Waals surface area (Å²) >= 11 is 0. The predicted octanol–water partition coefficient (Wildman–Crippen LogP) is 6.20. The van der Waals surface area contributed by atoms with E-state index in [1.165, 1.54) is 71.7 Å². The molecule has 27 heteroatoms. The van der Waals surface area contributed by atoms with Crippen LogP contribution in [0.15, 0.2) is 60.7 Å². The van der Waals surface area contributed by atoms with E-state index >= 15 is 33.6 Å². The second kappa shape index (κ2) is 43.2. The zero-order valence-electron chi connectivity index (χ0n) is 67.3. The highest BCUT2D eigenvalue weighted by Crippen LogP contribution is 2.28. The monoisotopic (exact) mass is 1510 g/mol. The van der Waals surface area contributed by atoms with Crippen LogP contribution in [0.3, 0.4) is 0 Å². The van der Waals surface area contributed by atoms with Crippen LogP contribution in [-0.2, 0) is 85.0 Å². The molecule has 10 atom stereocenters. The van der Waals surface area contributed by atoms with Crippen molar-refractivity contribution in [3.63, 3.8) is 0 Å². The topological polar surface area (TPSA) is 327 Å². The Hall–Kier alpha value is -8.10. The largest absolute Gasteiger partial charge is 0.344 e. The van der Waals surface area contributed by atoms with Crippen molar-refractivity contribution in [3.05, 3.63) is 71.8 Å². The van der Waals surface area contributed by atoms with Crippen molar-refractivity contribution in [2.24, 2.45) is 35.5 Å². The normalized spacial score (nSPS) is 24.2. The number of hydrogen-bond acceptors (Lipinski definition) is 15. The second-order valence-corrected chi connectivity index (χ2v) is 34.0. The lowest BCUT2D eigenvalue weighted by Gasteiger charge is -2.38. The lowest BCUT2D eigenvalue weighted by molar-refractivity contribution is -0.151. The van der Waals surface area contributed by atoms with Gasteiger partial charge in [-0.3, -0.25) is 62.3 Å². The van der Waals surface area contributed by atoms with Gasteiger partial charge in [0.2, 0.25) is 65.0 Å². The smallest absolute Gasteiger partial charge is 0.246 e. The number of nitrogens with zero attached hydrogens (tertiary/aromatic N) is 7. The Kier molecular flexibility index (Phi) is 36.8. The number of rotatable bonds is 24. The molecule has 2 aromatic carbocycles. The first-order valence-corrected chi connectivity index (χ1v) is 40.6. The number of benzene rings is 2. The molecule has 2 fully saturated rings. The Morgan fingerprint density at radius 3 is 1.41 bits per heavy atom. The summed E-state index contributed by atoms with van der Waals surface area (Å²) in [5.74, 6) is -12.1. The summed E-state index contributed by atoms with van der Waals surface area (Å²) in [7, 11) is 4.52. The Labute approximate surface area is 637 Å². The number of Topliss-reactive ketones (excluding diaryl/α,β-unsaturated/α-hetero) is 2. The number of ketones is 2. The van der Waals surface area contributed by atoms with E-state index in [2.05, 4.69) is 21.3 Å². The fraction of sp³-hybridized carbons (Fsp3) is 0.688. The standard InChI is InChI=1S/C80H127N11O15S/c1-20-22-40-91-48-69(94)90(18)70(54(11)12)75(99)82-60(71(95)57-36-30-25-31-37-57)47-68(93)85(13)63(21-2)72(96)83-61(41-50(3)4)77(101)88(16)66(44-53(9)10)79(103)87(15)65(45-55-32-26-23-27-33-55)74(98)81-59(39-38-58(92)49-107(19,105)106)76(100)89(17)67(46-56-34-28-24-29-35-56)80(104)86(14)64(43-52(7)8)73(97)84-62(78(91)102)42-51(5)6/h23-24,26-29,32-35,50-54,57,59-67,70H,20-22,25,30-31,36-49H2,1-19H3,(H,81,98)(H,82,99)(H,83,96)(H,84,97)/t59-,60-,61-,62-,63-,64-,65-,66-,67-,70+/m0/s1. The number of sulfone groups is 1. The Morgan fingerprint density at radius 2 is 0.916 bits per heavy atom. The molecule has 0 radical (unpaired) electrons. The second-order valence-electron chi connectivity index (χ2n) is 31.8. The van der Waals surface area contributed by atoms with Gasteiger partial charge in [0.15, 0.2) is 15.6 Å². The van der Waals surface area contributed by atoms with Crippen LogP contribution < -0.4 is 21.3 Å². The average molecular weight is 1520 g/mol. The fourth-order valence-corrected chi connectivity index (χ4v) is 15.1. The van der Waals surface area contributed by atoms with Crippen molar-refractivity contribution >= 4 is 86.4 Å². The van der Waals surface area contributed by atoms with Crippen LogP contribution in [-0.4, -0.2) is 247 Å². The van der Waals surface area contributed by atoms with Crippen LogP contribution in [0.1, 0.15) is 191 Å². The van der Waals surface area contributed by atoms with Crippen molar-refractivity contribution in [2.45, 2.75) is 253 Å². The lowest BCUT2D eigenvalue weighted by atomic mass is 9.83. The van der Waals surface area contributed by atoms with E-state index in [1.807, 2.05) is 62.3 Å². The number of amides is 11. The molecule has 1 heterocycles. The highest BCUT2D eigenvalue weighted by Gasteiger charge is 2.44. The van der Waals surface area contributed by atoms with Gasteiger partial charge in [0.05, 0.1) is 19.0 Å². The van der Waals surface area contributed by atoms with Gasteiger partial charge in [0.1, 0.15) is 65.9 Å². The van der Waals surface area contributed by atoms with Crippen LogP contribution in [0.4, 0.5) is 0 Å². The first-order valence-electron chi connectivity index (χ1n) is 38.5. The molecule has 0 unspecified atom stereocenters. The molecule has 26 nitrogen and oxygen atoms in total. The van der Waals surface area contributed by atoms with E-state index in [-0.39, 0.29) is 80.9 Å². The van der Waals surface area contributed by atoms with Gasteiger partial charge in [-0.05, 0) is 98.5 Å². The number of hydrogen-bond donors (Lipinski definition) is 4. The number of likely N-dealkylation sites (N-methyl/N-ethyl adjacent to an activating group) is 6. The molecular formula is C80H127N11O15S. The predicted molar refractivity (Wildman–Crippen MR) is 412 cm³/mol. The first kappa shape index (κ1) is 91.3. The number of carbonyl (C=O) groups excluding carboxylic acids is 13. The summed E-state index contributed by atoms with van der Waals surface area (Å²) in [6.07, 6.45) is 3.79. The molecule has 598 valence electrons. The third-order valence-electron chi connectivity index (χ3n) is 20.5. The SMILES string of the molecule is CCCCN1CC(=O)N(C)[C@H](C(C)C)C(=O)N[C@H](C(=O)C2CCCCC2)CC(=O)N(C)[C@@H](CC)C(=O)N[C@@H](CC(C)C)C(=O)N(C)[C@@H](CC(C)C)C(=O)N(C)[C@@H](Cc2ccccc2)C(=O)N[C@@H](CCC(=O)CS(C)(=O)=O)C(=O)N(C)[C@@H](Cc2ccccc2)C(=O)N(C)[C@@H](CC(C)C)C(=O)N[C@@H](CC(C)C)C1=O. The van der Waals surface area contributed by atoms with Gasteiger partial charge in [-0.15, -0.1) is 0 Å². The van der Waals surface area contributed by atoms with E-state index in [9.17, 15) is 37.2 Å². The highest BCUT2D eigenvalue weighted by molar-refractivity contribution is 7.91. The van der Waals surface area contributed by atoms with Crippen molar-refractivity contribution in [2.75, 3.05) is 67.4 Å². The Morgan fingerprint density at radius 1 is 0.477 bits per heavy atom. The van der Waals surface area contributed by atoms with Gasteiger partial charge >= 0.3 is 0 Å². The summed E-state index contributed by atoms with van der Waals surface area (Å²) in [5.41, 5.74) is 1.16. The average Bonchev–Trinajstić information content (AvgIpc) is 0.816. The molecule has 4 rings (SSSR count). The van der Waals surface area contributed by atoms with Crippen molar-refractivity contribution in [1.82, 2.24) is 55.6 Å². The van der Waals surface area contributed by atoms with E-state index in [0.717, 1.165) is 30.4 Å². The summed E-state index contributed by atoms with van der Waals surface area (Å²) in [5, 5.41) is 11.6. The quantitative estimate of drug-likeness (QED) is 0.0909. The Bertz CT molecular complexity index is 3460. The molecule has 1 aliphatic carbocycles. The van der Waals surface area contributed by atoms with Crippen LogP contribution in [0.2, 0.25) is 0 Å². The van der Waals surface area contributed by atoms with Crippen LogP contribution >= 0.6 is 0 Å². The molecule has 0 spiro atoms. The molecule has 0 bridgehead atoms. The third-order valence-corrected chi connectivity index (χ3v) is 21.3. The number of carbonyl (C=O) groups is 13. The van der Waals surface area contributed by atoms with E-state index < -0.39 is 184 Å². The van der Waals surface area contributed by atoms with Gasteiger partial charge in [-0.2, -0.15) is 0 Å². The van der Waals surface area contributed by atoms with E-state index in [1.54, 1.807) is 81.4 Å². The van der Waals surface area contributed by atoms with Gasteiger partial charge < -0.3 is 55.6 Å². The summed E-state index contributed by atoms with van der Waals surface area (Å²) in [6.45, 7) is 21.4. The molecule has 107 heavy (non-hydrogen) atoms.